The number of pyridine rings is 1. The van der Waals surface area contributed by atoms with Crippen molar-refractivity contribution in [2.24, 2.45) is 11.1 Å². The van der Waals surface area contributed by atoms with E-state index < -0.39 is 5.91 Å². The Balaban J connectivity index is 0. The maximum Gasteiger partial charge on any atom is 0.249 e. The molecule has 1 amide bonds. The van der Waals surface area contributed by atoms with Crippen LogP contribution in [0.15, 0.2) is 18.5 Å². The number of carbonyl (C=O) groups excluding carboxylic acids is 1. The van der Waals surface area contributed by atoms with E-state index >= 15 is 0 Å². The lowest BCUT2D eigenvalue weighted by molar-refractivity contribution is 0.0999. The number of halogens is 2. The number of rotatable bonds is 8. The van der Waals surface area contributed by atoms with E-state index in [9.17, 15) is 4.79 Å². The molecule has 1 aromatic heterocycles. The Kier molecular flexibility index (Phi) is 11.5. The number of aliphatic hydroxyl groups is 1. The van der Waals surface area contributed by atoms with Crippen LogP contribution >= 0.6 is 24.8 Å². The molecule has 0 radical (unpaired) electrons. The number of nitrogens with two attached hydrogens (primary N) is 1. The van der Waals surface area contributed by atoms with E-state index in [1.54, 1.807) is 18.5 Å². The molecule has 4 N–H and O–H groups in total. The van der Waals surface area contributed by atoms with Gasteiger partial charge in [-0.1, -0.05) is 13.8 Å². The van der Waals surface area contributed by atoms with Crippen molar-refractivity contribution < 1.29 is 9.90 Å². The van der Waals surface area contributed by atoms with Crippen molar-refractivity contribution in [1.29, 1.82) is 0 Å². The minimum atomic E-state index is -0.410. The molecule has 7 heteroatoms. The molecule has 0 spiro atoms. The minimum Gasteiger partial charge on any atom is -0.396 e. The molecule has 1 heterocycles. The summed E-state index contributed by atoms with van der Waals surface area (Å²) in [7, 11) is 0. The molecule has 0 atom stereocenters. The fourth-order valence-electron chi connectivity index (χ4n) is 1.75. The Bertz CT molecular complexity index is 428. The van der Waals surface area contributed by atoms with Crippen molar-refractivity contribution in [2.45, 2.75) is 26.7 Å². The predicted octanol–water partition coefficient (Wildman–Crippen LogP) is 1.56. The van der Waals surface area contributed by atoms with Crippen molar-refractivity contribution in [3.05, 3.63) is 29.6 Å². The highest BCUT2D eigenvalue weighted by molar-refractivity contribution is 5.94. The lowest BCUT2D eigenvalue weighted by atomic mass is 9.95. The first-order valence-electron chi connectivity index (χ1n) is 6.50. The molecular weight excluding hydrogens is 313 g/mol. The van der Waals surface area contributed by atoms with E-state index in [0.29, 0.717) is 5.56 Å². The van der Waals surface area contributed by atoms with Gasteiger partial charge in [0.2, 0.25) is 5.91 Å². The summed E-state index contributed by atoms with van der Waals surface area (Å²) in [5.74, 6) is -0.410. The summed E-state index contributed by atoms with van der Waals surface area (Å²) in [6.07, 6.45) is 4.93. The first kappa shape index (κ1) is 22.4. The zero-order valence-corrected chi connectivity index (χ0v) is 14.1. The summed E-state index contributed by atoms with van der Waals surface area (Å²) < 4.78 is 0. The van der Waals surface area contributed by atoms with Crippen LogP contribution in [0.5, 0.6) is 0 Å². The first-order chi connectivity index (χ1) is 8.96. The summed E-state index contributed by atoms with van der Waals surface area (Å²) in [6.45, 7) is 5.77. The topological polar surface area (TPSA) is 88.2 Å². The maximum atomic E-state index is 11.2. The molecule has 0 aliphatic heterocycles. The van der Waals surface area contributed by atoms with E-state index in [2.05, 4.69) is 10.3 Å². The van der Waals surface area contributed by atoms with E-state index in [1.807, 2.05) is 13.8 Å². The van der Waals surface area contributed by atoms with Gasteiger partial charge in [-0.3, -0.25) is 9.78 Å². The number of aliphatic hydroxyl groups excluding tert-OH is 1. The molecule has 21 heavy (non-hydrogen) atoms. The van der Waals surface area contributed by atoms with Gasteiger partial charge in [0.15, 0.2) is 0 Å². The van der Waals surface area contributed by atoms with Gasteiger partial charge >= 0.3 is 0 Å². The lowest BCUT2D eigenvalue weighted by Gasteiger charge is -2.21. The van der Waals surface area contributed by atoms with Gasteiger partial charge in [-0.15, -0.1) is 24.8 Å². The van der Waals surface area contributed by atoms with E-state index in [0.717, 1.165) is 31.5 Å². The molecule has 0 saturated heterocycles. The van der Waals surface area contributed by atoms with Crippen LogP contribution in [0.3, 0.4) is 0 Å². The standard InChI is InChI=1S/C14H23N3O2.2ClH/c1-14(2,10-18)9-17-6-3-4-11-8-16-7-5-12(11)13(15)19;;/h5,7-8,17-18H,3-4,6,9-10H2,1-2H3,(H2,15,19);2*1H. The number of hydrogen-bond donors (Lipinski definition) is 3. The number of nitrogens with zero attached hydrogens (tertiary/aromatic N) is 1. The first-order valence-corrected chi connectivity index (χ1v) is 6.50. The van der Waals surface area contributed by atoms with Crippen LogP contribution in [-0.4, -0.2) is 35.7 Å². The van der Waals surface area contributed by atoms with Crippen LogP contribution in [-0.2, 0) is 6.42 Å². The van der Waals surface area contributed by atoms with Gasteiger partial charge < -0.3 is 16.2 Å². The number of amides is 1. The SMILES string of the molecule is CC(C)(CO)CNCCCc1cnccc1C(N)=O.Cl.Cl. The zero-order chi connectivity index (χ0) is 14.3. The third-order valence-electron chi connectivity index (χ3n) is 3.00. The van der Waals surface area contributed by atoms with E-state index in [1.165, 1.54) is 0 Å². The van der Waals surface area contributed by atoms with Crippen molar-refractivity contribution in [3.8, 4) is 0 Å². The second-order valence-corrected chi connectivity index (χ2v) is 5.50. The quantitative estimate of drug-likeness (QED) is 0.628. The Morgan fingerprint density at radius 2 is 2.10 bits per heavy atom. The van der Waals surface area contributed by atoms with Gasteiger partial charge in [-0.25, -0.2) is 0 Å². The summed E-state index contributed by atoms with van der Waals surface area (Å²) in [5.41, 5.74) is 6.64. The number of hydrogen-bond acceptors (Lipinski definition) is 4. The van der Waals surface area contributed by atoms with Crippen molar-refractivity contribution >= 4 is 30.7 Å². The highest BCUT2D eigenvalue weighted by atomic mass is 35.5. The maximum absolute atomic E-state index is 11.2. The highest BCUT2D eigenvalue weighted by Gasteiger charge is 2.15. The number of nitrogens with one attached hydrogen (secondary N) is 1. The summed E-state index contributed by atoms with van der Waals surface area (Å²) in [5, 5.41) is 12.4. The van der Waals surface area contributed by atoms with Crippen LogP contribution in [0.1, 0.15) is 36.2 Å². The van der Waals surface area contributed by atoms with Crippen molar-refractivity contribution in [3.63, 3.8) is 0 Å². The minimum absolute atomic E-state index is 0. The largest absolute Gasteiger partial charge is 0.396 e. The molecule has 0 unspecified atom stereocenters. The zero-order valence-electron chi connectivity index (χ0n) is 12.5. The summed E-state index contributed by atoms with van der Waals surface area (Å²) in [4.78, 5) is 15.2. The molecule has 0 aliphatic rings. The Morgan fingerprint density at radius 3 is 2.67 bits per heavy atom. The molecule has 1 aromatic rings. The van der Waals surface area contributed by atoms with Gasteiger partial charge in [0.1, 0.15) is 0 Å². The number of primary amides is 1. The average molecular weight is 338 g/mol. The van der Waals surface area contributed by atoms with Gasteiger partial charge in [-0.2, -0.15) is 0 Å². The third kappa shape index (κ3) is 8.21. The highest BCUT2D eigenvalue weighted by Crippen LogP contribution is 2.11. The number of aryl methyl sites for hydroxylation is 1. The van der Waals surface area contributed by atoms with Gasteiger partial charge in [0.25, 0.3) is 0 Å². The number of carbonyl (C=O) groups is 1. The van der Waals surface area contributed by atoms with Crippen LogP contribution in [0.4, 0.5) is 0 Å². The average Bonchev–Trinajstić information content (AvgIpc) is 2.38. The second kappa shape index (κ2) is 10.8. The van der Waals surface area contributed by atoms with E-state index in [-0.39, 0.29) is 36.8 Å². The molecule has 5 nitrogen and oxygen atoms in total. The van der Waals surface area contributed by atoms with Crippen LogP contribution in [0.25, 0.3) is 0 Å². The molecular formula is C14H25Cl2N3O2. The van der Waals surface area contributed by atoms with Crippen LogP contribution in [0, 0.1) is 5.41 Å². The van der Waals surface area contributed by atoms with Crippen molar-refractivity contribution in [2.75, 3.05) is 19.7 Å². The summed E-state index contributed by atoms with van der Waals surface area (Å²) in [6, 6.07) is 1.65. The monoisotopic (exact) mass is 337 g/mol. The summed E-state index contributed by atoms with van der Waals surface area (Å²) >= 11 is 0. The lowest BCUT2D eigenvalue weighted by Crippen LogP contribution is -2.32. The van der Waals surface area contributed by atoms with Crippen LogP contribution in [0.2, 0.25) is 0 Å². The second-order valence-electron chi connectivity index (χ2n) is 5.50. The molecule has 0 fully saturated rings. The number of aromatic nitrogens is 1. The van der Waals surface area contributed by atoms with Gasteiger partial charge in [0.05, 0.1) is 0 Å². The molecule has 0 saturated carbocycles. The molecule has 122 valence electrons. The van der Waals surface area contributed by atoms with Crippen molar-refractivity contribution in [1.82, 2.24) is 10.3 Å². The van der Waals surface area contributed by atoms with E-state index in [4.69, 9.17) is 10.8 Å². The Hall–Kier alpha value is -0.880. The molecule has 1 rings (SSSR count). The van der Waals surface area contributed by atoms with Crippen LogP contribution < -0.4 is 11.1 Å². The van der Waals surface area contributed by atoms with Gasteiger partial charge in [-0.05, 0) is 31.0 Å². The molecule has 0 bridgehead atoms. The molecule has 0 aromatic carbocycles. The third-order valence-corrected chi connectivity index (χ3v) is 3.00. The molecule has 0 aliphatic carbocycles. The van der Waals surface area contributed by atoms with Gasteiger partial charge in [0, 0.05) is 36.5 Å². The Labute approximate surface area is 138 Å². The fourth-order valence-corrected chi connectivity index (χ4v) is 1.75. The normalized spacial score (nSPS) is 10.4. The Morgan fingerprint density at radius 1 is 1.43 bits per heavy atom. The smallest absolute Gasteiger partial charge is 0.249 e. The fraction of sp³-hybridized carbons (Fsp3) is 0.571. The predicted molar refractivity (Wildman–Crippen MR) is 89.3 cm³/mol.